The number of pyridine rings is 1. The molecule has 0 unspecified atom stereocenters. The van der Waals surface area contributed by atoms with Crippen LogP contribution in [0.15, 0.2) is 12.3 Å². The van der Waals surface area contributed by atoms with Gasteiger partial charge in [0.15, 0.2) is 0 Å². The number of rotatable bonds is 3. The molecule has 15 heavy (non-hydrogen) atoms. The first-order chi connectivity index (χ1) is 7.06. The third-order valence-electron chi connectivity index (χ3n) is 1.60. The molecule has 6 heteroatoms. The van der Waals surface area contributed by atoms with Gasteiger partial charge in [-0.1, -0.05) is 11.6 Å². The Morgan fingerprint density at radius 1 is 1.67 bits per heavy atom. The summed E-state index contributed by atoms with van der Waals surface area (Å²) in [5, 5.41) is -0.168. The summed E-state index contributed by atoms with van der Waals surface area (Å²) in [5.74, 6) is -0.740. The number of nitrogens with zero attached hydrogens (tertiary/aromatic N) is 1. The van der Waals surface area contributed by atoms with Crippen LogP contribution in [0.4, 0.5) is 8.78 Å². The van der Waals surface area contributed by atoms with Gasteiger partial charge in [-0.25, -0.2) is 18.6 Å². The number of hydrogen-bond acceptors (Lipinski definition) is 3. The molecule has 82 valence electrons. The minimum absolute atomic E-state index is 0.160. The molecule has 1 aromatic rings. The van der Waals surface area contributed by atoms with Crippen LogP contribution >= 0.6 is 11.6 Å². The Labute approximate surface area is 90.0 Å². The molecule has 0 aliphatic rings. The van der Waals surface area contributed by atoms with E-state index in [1.165, 1.54) is 0 Å². The molecule has 0 bridgehead atoms. The fourth-order valence-electron chi connectivity index (χ4n) is 0.938. The maximum absolute atomic E-state index is 12.4. The van der Waals surface area contributed by atoms with Crippen molar-refractivity contribution in [3.63, 3.8) is 0 Å². The van der Waals surface area contributed by atoms with Gasteiger partial charge in [-0.3, -0.25) is 0 Å². The Bertz CT molecular complexity index is 371. The van der Waals surface area contributed by atoms with E-state index in [-0.39, 0.29) is 17.3 Å². The Hall–Kier alpha value is -1.23. The van der Waals surface area contributed by atoms with Gasteiger partial charge < -0.3 is 4.74 Å². The van der Waals surface area contributed by atoms with E-state index < -0.39 is 18.0 Å². The first-order valence-corrected chi connectivity index (χ1v) is 4.54. The zero-order valence-electron chi connectivity index (χ0n) is 7.84. The van der Waals surface area contributed by atoms with Crippen LogP contribution in [0.2, 0.25) is 5.02 Å². The minimum atomic E-state index is -2.74. The maximum atomic E-state index is 12.4. The fraction of sp³-hybridized carbons (Fsp3) is 0.333. The summed E-state index contributed by atoms with van der Waals surface area (Å²) in [7, 11) is 0. The van der Waals surface area contributed by atoms with Gasteiger partial charge in [-0.2, -0.15) is 0 Å². The number of aromatic nitrogens is 1. The van der Waals surface area contributed by atoms with Crippen molar-refractivity contribution in [2.75, 3.05) is 6.61 Å². The Kier molecular flexibility index (Phi) is 3.96. The fourth-order valence-corrected chi connectivity index (χ4v) is 1.12. The van der Waals surface area contributed by atoms with E-state index in [0.717, 1.165) is 12.3 Å². The average Bonchev–Trinajstić information content (AvgIpc) is 2.18. The quantitative estimate of drug-likeness (QED) is 0.757. The Balaban J connectivity index is 3.02. The van der Waals surface area contributed by atoms with Crippen LogP contribution in [-0.2, 0) is 4.74 Å². The monoisotopic (exact) mass is 235 g/mol. The van der Waals surface area contributed by atoms with Crippen LogP contribution in [0.5, 0.6) is 0 Å². The van der Waals surface area contributed by atoms with Gasteiger partial charge in [-0.15, -0.1) is 0 Å². The van der Waals surface area contributed by atoms with Crippen LogP contribution in [-0.4, -0.2) is 17.6 Å². The molecule has 0 amide bonds. The topological polar surface area (TPSA) is 39.2 Å². The lowest BCUT2D eigenvalue weighted by Crippen LogP contribution is -2.07. The van der Waals surface area contributed by atoms with Crippen molar-refractivity contribution in [2.45, 2.75) is 13.3 Å². The highest BCUT2D eigenvalue weighted by atomic mass is 35.5. The van der Waals surface area contributed by atoms with Gasteiger partial charge in [0.05, 0.1) is 11.6 Å². The lowest BCUT2D eigenvalue weighted by Gasteiger charge is -2.05. The van der Waals surface area contributed by atoms with E-state index in [2.05, 4.69) is 9.72 Å². The number of esters is 1. The second-order valence-corrected chi connectivity index (χ2v) is 3.02. The zero-order valence-corrected chi connectivity index (χ0v) is 8.59. The van der Waals surface area contributed by atoms with E-state index in [1.54, 1.807) is 6.92 Å². The average molecular weight is 236 g/mol. The molecule has 0 N–H and O–H groups in total. The lowest BCUT2D eigenvalue weighted by atomic mass is 10.2. The summed E-state index contributed by atoms with van der Waals surface area (Å²) in [4.78, 5) is 14.8. The third-order valence-corrected chi connectivity index (χ3v) is 1.92. The van der Waals surface area contributed by atoms with Crippen LogP contribution in [0.25, 0.3) is 0 Å². The molecule has 0 saturated heterocycles. The Morgan fingerprint density at radius 3 is 2.87 bits per heavy atom. The summed E-state index contributed by atoms with van der Waals surface area (Å²) < 4.78 is 29.4. The SMILES string of the molecule is CCOC(=O)c1cc(C(F)F)c(Cl)cn1. The first kappa shape index (κ1) is 11.8. The molecule has 0 saturated carbocycles. The lowest BCUT2D eigenvalue weighted by molar-refractivity contribution is 0.0519. The molecule has 3 nitrogen and oxygen atoms in total. The molecule has 0 aromatic carbocycles. The van der Waals surface area contributed by atoms with Crippen LogP contribution in [0.3, 0.4) is 0 Å². The molecule has 1 rings (SSSR count). The second-order valence-electron chi connectivity index (χ2n) is 2.61. The van der Waals surface area contributed by atoms with E-state index in [9.17, 15) is 13.6 Å². The number of halogens is 3. The summed E-state index contributed by atoms with van der Waals surface area (Å²) >= 11 is 5.48. The van der Waals surface area contributed by atoms with Gasteiger partial charge in [0.2, 0.25) is 0 Å². The standard InChI is InChI=1S/C9H8ClF2NO2/c1-2-15-9(14)7-3-5(8(11)12)6(10)4-13-7/h3-4,8H,2H2,1H3. The molecule has 0 aliphatic heterocycles. The third kappa shape index (κ3) is 2.86. The van der Waals surface area contributed by atoms with Gasteiger partial charge in [0, 0.05) is 11.8 Å². The van der Waals surface area contributed by atoms with Crippen molar-refractivity contribution >= 4 is 17.6 Å². The Morgan fingerprint density at radius 2 is 2.33 bits per heavy atom. The highest BCUT2D eigenvalue weighted by molar-refractivity contribution is 6.31. The van der Waals surface area contributed by atoms with Crippen molar-refractivity contribution < 1.29 is 18.3 Å². The van der Waals surface area contributed by atoms with E-state index in [4.69, 9.17) is 11.6 Å². The molecule has 0 aliphatic carbocycles. The van der Waals surface area contributed by atoms with Crippen molar-refractivity contribution in [3.8, 4) is 0 Å². The summed E-state index contributed by atoms with van der Waals surface area (Å²) in [5.41, 5.74) is -0.591. The summed E-state index contributed by atoms with van der Waals surface area (Å²) in [6.07, 6.45) is -1.73. The molecule has 0 atom stereocenters. The molecule has 1 heterocycles. The number of alkyl halides is 2. The molecule has 0 fully saturated rings. The second kappa shape index (κ2) is 5.02. The van der Waals surface area contributed by atoms with Gasteiger partial charge in [-0.05, 0) is 13.0 Å². The number of hydrogen-bond donors (Lipinski definition) is 0. The highest BCUT2D eigenvalue weighted by Gasteiger charge is 2.16. The van der Waals surface area contributed by atoms with Crippen molar-refractivity contribution in [1.29, 1.82) is 0 Å². The van der Waals surface area contributed by atoms with Gasteiger partial charge in [0.1, 0.15) is 5.69 Å². The molecular weight excluding hydrogens is 228 g/mol. The number of carbonyl (C=O) groups is 1. The molecular formula is C9H8ClF2NO2. The van der Waals surface area contributed by atoms with Crippen molar-refractivity contribution in [3.05, 3.63) is 28.5 Å². The van der Waals surface area contributed by atoms with Crippen molar-refractivity contribution in [1.82, 2.24) is 4.98 Å². The van der Waals surface area contributed by atoms with E-state index >= 15 is 0 Å². The predicted molar refractivity (Wildman–Crippen MR) is 50.2 cm³/mol. The number of ether oxygens (including phenoxy) is 1. The normalized spacial score (nSPS) is 10.5. The van der Waals surface area contributed by atoms with Gasteiger partial charge >= 0.3 is 5.97 Å². The number of carbonyl (C=O) groups excluding carboxylic acids is 1. The van der Waals surface area contributed by atoms with E-state index in [0.29, 0.717) is 0 Å². The van der Waals surface area contributed by atoms with Crippen LogP contribution in [0, 0.1) is 0 Å². The summed E-state index contributed by atoms with van der Waals surface area (Å²) in [6.45, 7) is 1.77. The molecule has 1 aromatic heterocycles. The minimum Gasteiger partial charge on any atom is -0.461 e. The van der Waals surface area contributed by atoms with E-state index in [1.807, 2.05) is 0 Å². The van der Waals surface area contributed by atoms with Crippen molar-refractivity contribution in [2.24, 2.45) is 0 Å². The predicted octanol–water partition coefficient (Wildman–Crippen LogP) is 2.85. The summed E-state index contributed by atoms with van der Waals surface area (Å²) in [6, 6.07) is 0.936. The zero-order chi connectivity index (χ0) is 11.4. The molecule has 0 spiro atoms. The van der Waals surface area contributed by atoms with Crippen LogP contribution in [0.1, 0.15) is 29.4 Å². The first-order valence-electron chi connectivity index (χ1n) is 4.17. The molecule has 0 radical (unpaired) electrons. The van der Waals surface area contributed by atoms with Crippen LogP contribution < -0.4 is 0 Å². The largest absolute Gasteiger partial charge is 0.461 e. The smallest absolute Gasteiger partial charge is 0.356 e. The maximum Gasteiger partial charge on any atom is 0.356 e. The van der Waals surface area contributed by atoms with Gasteiger partial charge in [0.25, 0.3) is 6.43 Å². The highest BCUT2D eigenvalue weighted by Crippen LogP contribution is 2.26.